The van der Waals surface area contributed by atoms with E-state index in [4.69, 9.17) is 16.3 Å². The fourth-order valence-corrected chi connectivity index (χ4v) is 4.62. The molecule has 1 aromatic carbocycles. The molecule has 1 amide bonds. The number of hydrogen-bond donors (Lipinski definition) is 2. The van der Waals surface area contributed by atoms with Crippen LogP contribution in [-0.4, -0.2) is 30.7 Å². The Morgan fingerprint density at radius 3 is 2.85 bits per heavy atom. The van der Waals surface area contributed by atoms with Crippen molar-refractivity contribution in [3.8, 4) is 0 Å². The molecule has 2 N–H and O–H groups in total. The Morgan fingerprint density at radius 2 is 2.12 bits per heavy atom. The van der Waals surface area contributed by atoms with E-state index in [2.05, 4.69) is 15.6 Å². The molecule has 2 heterocycles. The SMILES string of the molecule is O=C(NC[C@]1(c2ncccc2Cl)[C@@H]2CCNC[C@@H]21)OCc1ccccc1. The molecule has 3 atom stereocenters. The predicted molar refractivity (Wildman–Crippen MR) is 100 cm³/mol. The molecular weight excluding hydrogens is 350 g/mol. The van der Waals surface area contributed by atoms with Crippen molar-refractivity contribution in [2.45, 2.75) is 18.4 Å². The lowest BCUT2D eigenvalue weighted by Crippen LogP contribution is -2.35. The maximum Gasteiger partial charge on any atom is 0.407 e. The van der Waals surface area contributed by atoms with Crippen LogP contribution < -0.4 is 10.6 Å². The summed E-state index contributed by atoms with van der Waals surface area (Å²) in [6.45, 7) is 2.68. The highest BCUT2D eigenvalue weighted by atomic mass is 35.5. The number of benzene rings is 1. The Kier molecular flexibility index (Phi) is 4.83. The third kappa shape index (κ3) is 3.17. The first-order chi connectivity index (χ1) is 12.7. The molecule has 0 spiro atoms. The van der Waals surface area contributed by atoms with Crippen LogP contribution in [0.2, 0.25) is 5.02 Å². The lowest BCUT2D eigenvalue weighted by molar-refractivity contribution is 0.138. The van der Waals surface area contributed by atoms with Gasteiger partial charge in [-0.2, -0.15) is 0 Å². The van der Waals surface area contributed by atoms with Gasteiger partial charge in [0, 0.05) is 18.2 Å². The molecule has 4 rings (SSSR count). The summed E-state index contributed by atoms with van der Waals surface area (Å²) < 4.78 is 5.35. The molecule has 2 aliphatic rings. The third-order valence-corrected chi connectivity index (χ3v) is 5.94. The summed E-state index contributed by atoms with van der Waals surface area (Å²) in [4.78, 5) is 16.8. The van der Waals surface area contributed by atoms with Crippen LogP contribution in [0, 0.1) is 11.8 Å². The molecule has 26 heavy (non-hydrogen) atoms. The summed E-state index contributed by atoms with van der Waals surface area (Å²) in [6, 6.07) is 13.4. The molecule has 5 nitrogen and oxygen atoms in total. The number of pyridine rings is 1. The second-order valence-electron chi connectivity index (χ2n) is 7.00. The highest BCUT2D eigenvalue weighted by Crippen LogP contribution is 2.62. The normalized spacial score (nSPS) is 26.7. The summed E-state index contributed by atoms with van der Waals surface area (Å²) in [6.07, 6.45) is 2.43. The number of alkyl carbamates (subject to hydrolysis) is 1. The molecule has 0 radical (unpaired) electrons. The molecule has 1 aliphatic carbocycles. The fourth-order valence-electron chi connectivity index (χ4n) is 4.32. The van der Waals surface area contributed by atoms with Gasteiger partial charge in [-0.3, -0.25) is 4.98 Å². The van der Waals surface area contributed by atoms with Gasteiger partial charge >= 0.3 is 6.09 Å². The fraction of sp³-hybridized carbons (Fsp3) is 0.400. The number of halogens is 1. The molecule has 2 aromatic rings. The topological polar surface area (TPSA) is 63.2 Å². The van der Waals surface area contributed by atoms with E-state index in [9.17, 15) is 4.79 Å². The average molecular weight is 372 g/mol. The van der Waals surface area contributed by atoms with E-state index in [-0.39, 0.29) is 12.0 Å². The Labute approximate surface area is 158 Å². The van der Waals surface area contributed by atoms with Crippen molar-refractivity contribution in [1.29, 1.82) is 0 Å². The van der Waals surface area contributed by atoms with Crippen molar-refractivity contribution in [3.63, 3.8) is 0 Å². The van der Waals surface area contributed by atoms with Crippen molar-refractivity contribution in [2.75, 3.05) is 19.6 Å². The number of nitrogens with zero attached hydrogens (tertiary/aromatic N) is 1. The standard InChI is InChI=1S/C20H22ClN3O2/c21-17-7-4-9-23-18(17)20(15-8-10-22-11-16(15)20)13-24-19(25)26-12-14-5-2-1-3-6-14/h1-7,9,15-16,22H,8,10-13H2,(H,24,25)/t15-,16+,20+/m1/s1. The van der Waals surface area contributed by atoms with Crippen LogP contribution >= 0.6 is 11.6 Å². The Balaban J connectivity index is 1.43. The van der Waals surface area contributed by atoms with Gasteiger partial charge in [0.05, 0.1) is 10.7 Å². The first kappa shape index (κ1) is 17.3. The minimum atomic E-state index is -0.406. The minimum Gasteiger partial charge on any atom is -0.445 e. The largest absolute Gasteiger partial charge is 0.445 e. The summed E-state index contributed by atoms with van der Waals surface area (Å²) in [5.41, 5.74) is 1.66. The van der Waals surface area contributed by atoms with Crippen molar-refractivity contribution in [3.05, 3.63) is 64.9 Å². The summed E-state index contributed by atoms with van der Waals surface area (Å²) >= 11 is 6.44. The van der Waals surface area contributed by atoms with Crippen molar-refractivity contribution in [2.24, 2.45) is 11.8 Å². The van der Waals surface area contributed by atoms with Crippen LogP contribution in [0.5, 0.6) is 0 Å². The first-order valence-electron chi connectivity index (χ1n) is 8.98. The lowest BCUT2D eigenvalue weighted by atomic mass is 9.95. The Hall–Kier alpha value is -2.11. The Morgan fingerprint density at radius 1 is 1.27 bits per heavy atom. The van der Waals surface area contributed by atoms with Crippen LogP contribution in [0.3, 0.4) is 0 Å². The highest BCUT2D eigenvalue weighted by Gasteiger charge is 2.66. The quantitative estimate of drug-likeness (QED) is 0.847. The molecule has 1 aliphatic heterocycles. The smallest absolute Gasteiger partial charge is 0.407 e. The second-order valence-corrected chi connectivity index (χ2v) is 7.40. The summed E-state index contributed by atoms with van der Waals surface area (Å²) in [5, 5.41) is 7.06. The van der Waals surface area contributed by atoms with Crippen LogP contribution in [0.4, 0.5) is 4.79 Å². The van der Waals surface area contributed by atoms with Gasteiger partial charge in [0.15, 0.2) is 0 Å². The zero-order chi connectivity index (χ0) is 18.0. The molecule has 0 unspecified atom stereocenters. The van der Waals surface area contributed by atoms with Gasteiger partial charge in [-0.1, -0.05) is 41.9 Å². The van der Waals surface area contributed by atoms with E-state index in [0.29, 0.717) is 23.4 Å². The number of carbonyl (C=O) groups excluding carboxylic acids is 1. The maximum atomic E-state index is 12.2. The first-order valence-corrected chi connectivity index (χ1v) is 9.36. The van der Waals surface area contributed by atoms with Gasteiger partial charge in [-0.25, -0.2) is 4.79 Å². The predicted octanol–water partition coefficient (Wildman–Crippen LogP) is 3.14. The third-order valence-electron chi connectivity index (χ3n) is 5.63. The van der Waals surface area contributed by atoms with Crippen molar-refractivity contribution >= 4 is 17.7 Å². The number of hydrogen-bond acceptors (Lipinski definition) is 4. The number of ether oxygens (including phenoxy) is 1. The average Bonchev–Trinajstić information content (AvgIpc) is 3.34. The summed E-state index contributed by atoms with van der Waals surface area (Å²) in [7, 11) is 0. The van der Waals surface area contributed by atoms with Crippen molar-refractivity contribution in [1.82, 2.24) is 15.6 Å². The van der Waals surface area contributed by atoms with E-state index in [1.165, 1.54) is 0 Å². The van der Waals surface area contributed by atoms with Gasteiger partial charge < -0.3 is 15.4 Å². The van der Waals surface area contributed by atoms with Gasteiger partial charge in [-0.05, 0) is 49.0 Å². The van der Waals surface area contributed by atoms with Gasteiger partial charge in [0.25, 0.3) is 0 Å². The number of piperidine rings is 1. The zero-order valence-electron chi connectivity index (χ0n) is 14.5. The molecule has 136 valence electrons. The number of fused-ring (bicyclic) bond motifs is 1. The van der Waals surface area contributed by atoms with Gasteiger partial charge in [0.2, 0.25) is 0 Å². The maximum absolute atomic E-state index is 12.2. The molecular formula is C20H22ClN3O2. The van der Waals surface area contributed by atoms with E-state index < -0.39 is 6.09 Å². The van der Waals surface area contributed by atoms with Crippen LogP contribution in [0.15, 0.2) is 48.7 Å². The molecule has 0 bridgehead atoms. The van der Waals surface area contributed by atoms with E-state index >= 15 is 0 Å². The second kappa shape index (κ2) is 7.25. The molecule has 2 fully saturated rings. The van der Waals surface area contributed by atoms with E-state index in [1.54, 1.807) is 6.20 Å². The highest BCUT2D eigenvalue weighted by molar-refractivity contribution is 6.31. The molecule has 1 saturated carbocycles. The summed E-state index contributed by atoms with van der Waals surface area (Å²) in [5.74, 6) is 0.934. The molecule has 1 saturated heterocycles. The number of carbonyl (C=O) groups is 1. The number of amides is 1. The van der Waals surface area contributed by atoms with Crippen LogP contribution in [0.25, 0.3) is 0 Å². The van der Waals surface area contributed by atoms with Gasteiger partial charge in [-0.15, -0.1) is 0 Å². The van der Waals surface area contributed by atoms with Gasteiger partial charge in [0.1, 0.15) is 6.61 Å². The molecule has 1 aromatic heterocycles. The number of aromatic nitrogens is 1. The van der Waals surface area contributed by atoms with E-state index in [0.717, 1.165) is 30.8 Å². The van der Waals surface area contributed by atoms with Crippen LogP contribution in [0.1, 0.15) is 17.7 Å². The minimum absolute atomic E-state index is 0.201. The van der Waals surface area contributed by atoms with E-state index in [1.807, 2.05) is 42.5 Å². The monoisotopic (exact) mass is 371 g/mol. The van der Waals surface area contributed by atoms with Crippen LogP contribution in [-0.2, 0) is 16.8 Å². The zero-order valence-corrected chi connectivity index (χ0v) is 15.2. The lowest BCUT2D eigenvalue weighted by Gasteiger charge is -2.19. The molecule has 6 heteroatoms. The van der Waals surface area contributed by atoms with Crippen molar-refractivity contribution < 1.29 is 9.53 Å². The number of rotatable bonds is 5. The number of nitrogens with one attached hydrogen (secondary N) is 2. The Bertz CT molecular complexity index is 772.